The zero-order chi connectivity index (χ0) is 13.9. The van der Waals surface area contributed by atoms with Gasteiger partial charge in [0.05, 0.1) is 5.60 Å². The number of carbonyl (C=O) groups is 1. The lowest BCUT2D eigenvalue weighted by atomic mass is 9.94. The third-order valence-corrected chi connectivity index (χ3v) is 3.64. The summed E-state index contributed by atoms with van der Waals surface area (Å²) in [7, 11) is 0. The van der Waals surface area contributed by atoms with Crippen LogP contribution in [0, 0.1) is 0 Å². The third-order valence-electron chi connectivity index (χ3n) is 3.18. The Bertz CT molecular complexity index is 453. The molecule has 1 saturated heterocycles. The van der Waals surface area contributed by atoms with E-state index in [1.165, 1.54) is 0 Å². The fourth-order valence-electron chi connectivity index (χ4n) is 2.02. The Morgan fingerprint density at radius 1 is 1.42 bits per heavy atom. The average Bonchev–Trinajstić information content (AvgIpc) is 2.36. The zero-order valence-corrected chi connectivity index (χ0v) is 12.1. The first kappa shape index (κ1) is 14.3. The van der Waals surface area contributed by atoms with Crippen LogP contribution in [0.25, 0.3) is 0 Å². The van der Waals surface area contributed by atoms with Crippen LogP contribution < -0.4 is 11.1 Å². The second-order valence-electron chi connectivity index (χ2n) is 4.79. The topological polar surface area (TPSA) is 84.6 Å². The average molecular weight is 329 g/mol. The Morgan fingerprint density at radius 2 is 2.11 bits per heavy atom. The van der Waals surface area contributed by atoms with E-state index in [9.17, 15) is 9.90 Å². The molecule has 0 saturated carbocycles. The summed E-state index contributed by atoms with van der Waals surface area (Å²) < 4.78 is 5.94. The van der Waals surface area contributed by atoms with Gasteiger partial charge >= 0.3 is 0 Å². The number of anilines is 1. The van der Waals surface area contributed by atoms with E-state index < -0.39 is 5.60 Å². The van der Waals surface area contributed by atoms with Crippen molar-refractivity contribution in [3.05, 3.63) is 28.2 Å². The van der Waals surface area contributed by atoms with E-state index >= 15 is 0 Å². The van der Waals surface area contributed by atoms with Gasteiger partial charge in [-0.2, -0.15) is 0 Å². The number of halogens is 1. The number of nitrogens with one attached hydrogen (secondary N) is 1. The van der Waals surface area contributed by atoms with E-state index in [4.69, 9.17) is 10.5 Å². The number of benzene rings is 1. The maximum Gasteiger partial charge on any atom is 0.251 e. The standard InChI is InChI=1S/C13H17BrN2O3/c14-10-5-9(6-11(15)7-10)12(17)16-8-13(18)1-3-19-4-2-13/h5-7,18H,1-4,8,15H2,(H,16,17). The zero-order valence-electron chi connectivity index (χ0n) is 10.5. The van der Waals surface area contributed by atoms with Crippen LogP contribution in [0.15, 0.2) is 22.7 Å². The first-order valence-corrected chi connectivity index (χ1v) is 6.92. The molecule has 0 atom stereocenters. The van der Waals surface area contributed by atoms with E-state index in [-0.39, 0.29) is 12.5 Å². The van der Waals surface area contributed by atoms with Crippen molar-refractivity contribution in [2.45, 2.75) is 18.4 Å². The lowest BCUT2D eigenvalue weighted by Gasteiger charge is -2.32. The smallest absolute Gasteiger partial charge is 0.251 e. The Hall–Kier alpha value is -1.11. The van der Waals surface area contributed by atoms with Crippen LogP contribution in [-0.2, 0) is 4.74 Å². The number of carbonyl (C=O) groups excluding carboxylic acids is 1. The largest absolute Gasteiger partial charge is 0.399 e. The summed E-state index contributed by atoms with van der Waals surface area (Å²) in [5.41, 5.74) is 5.81. The fourth-order valence-corrected chi connectivity index (χ4v) is 2.53. The van der Waals surface area contributed by atoms with Gasteiger partial charge in [0.15, 0.2) is 0 Å². The van der Waals surface area contributed by atoms with Gasteiger partial charge in [-0.3, -0.25) is 4.79 Å². The number of ether oxygens (including phenoxy) is 1. The maximum atomic E-state index is 12.0. The quantitative estimate of drug-likeness (QED) is 0.730. The molecule has 0 aromatic heterocycles. The van der Waals surface area contributed by atoms with E-state index in [1.807, 2.05) is 0 Å². The minimum atomic E-state index is -0.870. The highest BCUT2D eigenvalue weighted by molar-refractivity contribution is 9.10. The number of nitrogen functional groups attached to an aromatic ring is 1. The SMILES string of the molecule is Nc1cc(Br)cc(C(=O)NCC2(O)CCOCC2)c1. The summed E-state index contributed by atoms with van der Waals surface area (Å²) in [6, 6.07) is 5.02. The summed E-state index contributed by atoms with van der Waals surface area (Å²) in [6.45, 7) is 1.27. The van der Waals surface area contributed by atoms with Crippen molar-refractivity contribution in [2.24, 2.45) is 0 Å². The molecular weight excluding hydrogens is 312 g/mol. The first-order chi connectivity index (χ1) is 8.98. The number of hydrogen-bond acceptors (Lipinski definition) is 4. The predicted molar refractivity (Wildman–Crippen MR) is 75.9 cm³/mol. The van der Waals surface area contributed by atoms with Gasteiger partial charge in [-0.1, -0.05) is 15.9 Å². The summed E-state index contributed by atoms with van der Waals surface area (Å²) in [5.74, 6) is -0.243. The number of nitrogens with two attached hydrogens (primary N) is 1. The van der Waals surface area contributed by atoms with Crippen LogP contribution in [-0.4, -0.2) is 36.4 Å². The van der Waals surface area contributed by atoms with Gasteiger partial charge in [-0.25, -0.2) is 0 Å². The summed E-state index contributed by atoms with van der Waals surface area (Å²) in [6.07, 6.45) is 1.07. The highest BCUT2D eigenvalue weighted by Gasteiger charge is 2.30. The Morgan fingerprint density at radius 3 is 2.74 bits per heavy atom. The van der Waals surface area contributed by atoms with Crippen molar-refractivity contribution in [3.8, 4) is 0 Å². The van der Waals surface area contributed by atoms with Gasteiger partial charge in [-0.05, 0) is 18.2 Å². The molecule has 6 heteroatoms. The molecule has 1 aliphatic heterocycles. The molecule has 0 aliphatic carbocycles. The summed E-state index contributed by atoms with van der Waals surface area (Å²) >= 11 is 3.29. The Balaban J connectivity index is 1.97. The van der Waals surface area contributed by atoms with Crippen molar-refractivity contribution < 1.29 is 14.6 Å². The molecule has 0 radical (unpaired) electrons. The molecule has 2 rings (SSSR count). The van der Waals surface area contributed by atoms with Crippen molar-refractivity contribution in [3.63, 3.8) is 0 Å². The Kier molecular flexibility index (Phi) is 4.44. The molecule has 1 aliphatic rings. The van der Waals surface area contributed by atoms with Crippen LogP contribution in [0.3, 0.4) is 0 Å². The predicted octanol–water partition coefficient (Wildman–Crippen LogP) is 1.30. The van der Waals surface area contributed by atoms with Crippen LogP contribution in [0.1, 0.15) is 23.2 Å². The number of aliphatic hydroxyl groups is 1. The summed E-state index contributed by atoms with van der Waals surface area (Å²) in [4.78, 5) is 12.0. The monoisotopic (exact) mass is 328 g/mol. The molecule has 104 valence electrons. The van der Waals surface area contributed by atoms with Crippen LogP contribution in [0.5, 0.6) is 0 Å². The number of amides is 1. The Labute approximate surface area is 120 Å². The van der Waals surface area contributed by atoms with Crippen molar-refractivity contribution in [1.29, 1.82) is 0 Å². The molecule has 1 aromatic rings. The van der Waals surface area contributed by atoms with Crippen LogP contribution >= 0.6 is 15.9 Å². The van der Waals surface area contributed by atoms with Crippen molar-refractivity contribution >= 4 is 27.5 Å². The minimum absolute atomic E-state index is 0.224. The number of rotatable bonds is 3. The van der Waals surface area contributed by atoms with Crippen molar-refractivity contribution in [1.82, 2.24) is 5.32 Å². The molecule has 0 spiro atoms. The maximum absolute atomic E-state index is 12.0. The second-order valence-corrected chi connectivity index (χ2v) is 5.71. The summed E-state index contributed by atoms with van der Waals surface area (Å²) in [5, 5.41) is 13.0. The van der Waals surface area contributed by atoms with Gasteiger partial charge in [0.25, 0.3) is 5.91 Å². The normalized spacial score (nSPS) is 18.0. The molecule has 1 aromatic carbocycles. The molecule has 1 fully saturated rings. The fraction of sp³-hybridized carbons (Fsp3) is 0.462. The van der Waals surface area contributed by atoms with Gasteiger partial charge in [0.1, 0.15) is 0 Å². The van der Waals surface area contributed by atoms with Gasteiger partial charge < -0.3 is 20.9 Å². The highest BCUT2D eigenvalue weighted by atomic mass is 79.9. The van der Waals surface area contributed by atoms with Gasteiger partial charge in [-0.15, -0.1) is 0 Å². The van der Waals surface area contributed by atoms with E-state index in [1.54, 1.807) is 18.2 Å². The lowest BCUT2D eigenvalue weighted by molar-refractivity contribution is -0.0605. The molecular formula is C13H17BrN2O3. The molecule has 5 nitrogen and oxygen atoms in total. The third kappa shape index (κ3) is 3.92. The molecule has 1 heterocycles. The number of hydrogen-bond donors (Lipinski definition) is 3. The first-order valence-electron chi connectivity index (χ1n) is 6.13. The van der Waals surface area contributed by atoms with E-state index in [0.717, 1.165) is 4.47 Å². The van der Waals surface area contributed by atoms with Crippen molar-refractivity contribution in [2.75, 3.05) is 25.5 Å². The minimum Gasteiger partial charge on any atom is -0.399 e. The van der Waals surface area contributed by atoms with Crippen LogP contribution in [0.4, 0.5) is 5.69 Å². The van der Waals surface area contributed by atoms with E-state index in [0.29, 0.717) is 37.3 Å². The molecule has 1 amide bonds. The molecule has 19 heavy (non-hydrogen) atoms. The van der Waals surface area contributed by atoms with Gasteiger partial charge in [0.2, 0.25) is 0 Å². The lowest BCUT2D eigenvalue weighted by Crippen LogP contribution is -2.46. The molecule has 4 N–H and O–H groups in total. The van der Waals surface area contributed by atoms with Gasteiger partial charge in [0, 0.05) is 48.3 Å². The van der Waals surface area contributed by atoms with Crippen LogP contribution in [0.2, 0.25) is 0 Å². The second kappa shape index (κ2) is 5.90. The van der Waals surface area contributed by atoms with E-state index in [2.05, 4.69) is 21.2 Å². The highest BCUT2D eigenvalue weighted by Crippen LogP contribution is 2.20. The molecule has 0 unspecified atom stereocenters. The molecule has 0 bridgehead atoms.